The summed E-state index contributed by atoms with van der Waals surface area (Å²) in [6, 6.07) is 10.2. The van der Waals surface area contributed by atoms with Gasteiger partial charge in [-0.2, -0.15) is 0 Å². The standard InChI is InChI=1S/C20H18BrNO5S/c1-26-18(24)10-8-12-7-9-16(28-12)13-11-17(23)22(19(13)20(25)27-2)15-6-4-3-5-14(15)21/h3-10,13,19H,11H2,1-2H3/b10-8+/t13-,19+/m1/s1. The maximum atomic E-state index is 12.8. The fourth-order valence-electron chi connectivity index (χ4n) is 3.19. The molecule has 146 valence electrons. The molecular formula is C20H18BrNO5S. The Hall–Kier alpha value is -2.45. The Bertz CT molecular complexity index is 938. The lowest BCUT2D eigenvalue weighted by Gasteiger charge is -2.26. The average molecular weight is 464 g/mol. The van der Waals surface area contributed by atoms with Gasteiger partial charge in [-0.15, -0.1) is 11.3 Å². The number of carbonyl (C=O) groups is 3. The van der Waals surface area contributed by atoms with Gasteiger partial charge in [-0.25, -0.2) is 9.59 Å². The van der Waals surface area contributed by atoms with Crippen molar-refractivity contribution in [1.29, 1.82) is 0 Å². The van der Waals surface area contributed by atoms with Gasteiger partial charge >= 0.3 is 11.9 Å². The number of amides is 1. The summed E-state index contributed by atoms with van der Waals surface area (Å²) in [5.74, 6) is -1.39. The first-order valence-corrected chi connectivity index (χ1v) is 10.1. The third-order valence-corrected chi connectivity index (χ3v) is 6.33. The summed E-state index contributed by atoms with van der Waals surface area (Å²) in [4.78, 5) is 39.9. The number of halogens is 1. The number of para-hydroxylation sites is 1. The van der Waals surface area contributed by atoms with Crippen molar-refractivity contribution in [2.75, 3.05) is 19.1 Å². The van der Waals surface area contributed by atoms with Crippen LogP contribution in [-0.2, 0) is 23.9 Å². The second kappa shape index (κ2) is 8.70. The molecule has 1 aromatic carbocycles. The van der Waals surface area contributed by atoms with Crippen molar-refractivity contribution in [3.05, 3.63) is 56.7 Å². The predicted octanol–water partition coefficient (Wildman–Crippen LogP) is 3.76. The first-order chi connectivity index (χ1) is 13.5. The second-order valence-corrected chi connectivity index (χ2v) is 8.09. The van der Waals surface area contributed by atoms with E-state index in [2.05, 4.69) is 20.7 Å². The summed E-state index contributed by atoms with van der Waals surface area (Å²) in [6.45, 7) is 0. The molecule has 8 heteroatoms. The molecule has 1 aliphatic rings. The monoisotopic (exact) mass is 463 g/mol. The van der Waals surface area contributed by atoms with E-state index in [0.717, 1.165) is 14.2 Å². The van der Waals surface area contributed by atoms with Crippen LogP contribution in [0.5, 0.6) is 0 Å². The van der Waals surface area contributed by atoms with E-state index >= 15 is 0 Å². The highest BCUT2D eigenvalue weighted by Gasteiger charge is 2.47. The highest BCUT2D eigenvalue weighted by Crippen LogP contribution is 2.42. The topological polar surface area (TPSA) is 72.9 Å². The van der Waals surface area contributed by atoms with E-state index in [4.69, 9.17) is 4.74 Å². The van der Waals surface area contributed by atoms with E-state index in [1.165, 1.54) is 36.5 Å². The van der Waals surface area contributed by atoms with E-state index in [1.807, 2.05) is 30.3 Å². The zero-order valence-electron chi connectivity index (χ0n) is 15.3. The quantitative estimate of drug-likeness (QED) is 0.498. The maximum absolute atomic E-state index is 12.8. The molecule has 1 fully saturated rings. The average Bonchev–Trinajstić information content (AvgIpc) is 3.30. The van der Waals surface area contributed by atoms with Crippen LogP contribution >= 0.6 is 27.3 Å². The van der Waals surface area contributed by atoms with Crippen LogP contribution in [0.3, 0.4) is 0 Å². The molecule has 1 amide bonds. The number of hydrogen-bond acceptors (Lipinski definition) is 6. The van der Waals surface area contributed by atoms with E-state index in [1.54, 1.807) is 12.1 Å². The molecule has 0 bridgehead atoms. The first kappa shape index (κ1) is 20.3. The fraction of sp³-hybridized carbons (Fsp3) is 0.250. The first-order valence-electron chi connectivity index (χ1n) is 8.46. The summed E-state index contributed by atoms with van der Waals surface area (Å²) in [5.41, 5.74) is 0.632. The lowest BCUT2D eigenvalue weighted by Crippen LogP contribution is -2.41. The zero-order chi connectivity index (χ0) is 20.3. The molecule has 0 unspecified atom stereocenters. The van der Waals surface area contributed by atoms with Crippen molar-refractivity contribution in [3.8, 4) is 0 Å². The number of esters is 2. The molecule has 0 saturated carbocycles. The number of ether oxygens (including phenoxy) is 2. The predicted molar refractivity (Wildman–Crippen MR) is 110 cm³/mol. The summed E-state index contributed by atoms with van der Waals surface area (Å²) in [6.07, 6.45) is 3.18. The minimum absolute atomic E-state index is 0.146. The second-order valence-electron chi connectivity index (χ2n) is 6.09. The molecule has 28 heavy (non-hydrogen) atoms. The molecule has 0 aliphatic carbocycles. The normalized spacial score (nSPS) is 19.2. The summed E-state index contributed by atoms with van der Waals surface area (Å²) >= 11 is 4.88. The smallest absolute Gasteiger partial charge is 0.330 e. The Labute approximate surface area is 174 Å². The zero-order valence-corrected chi connectivity index (χ0v) is 17.7. The number of benzene rings is 1. The van der Waals surface area contributed by atoms with Crippen LogP contribution in [-0.4, -0.2) is 38.1 Å². The number of nitrogens with zero attached hydrogens (tertiary/aromatic N) is 1. The van der Waals surface area contributed by atoms with Crippen LogP contribution in [0.25, 0.3) is 6.08 Å². The molecule has 0 radical (unpaired) electrons. The van der Waals surface area contributed by atoms with Crippen molar-refractivity contribution in [3.63, 3.8) is 0 Å². The number of carbonyl (C=O) groups excluding carboxylic acids is 3. The Kier molecular flexibility index (Phi) is 6.31. The van der Waals surface area contributed by atoms with Crippen molar-refractivity contribution < 1.29 is 23.9 Å². The van der Waals surface area contributed by atoms with E-state index in [0.29, 0.717) is 5.69 Å². The van der Waals surface area contributed by atoms with Crippen molar-refractivity contribution >= 4 is 56.9 Å². The SMILES string of the molecule is COC(=O)/C=C/c1ccc([C@H]2CC(=O)N(c3ccccc3Br)[C@@H]2C(=O)OC)s1. The van der Waals surface area contributed by atoms with Crippen LogP contribution in [0.4, 0.5) is 5.69 Å². The van der Waals surface area contributed by atoms with Crippen molar-refractivity contribution in [2.45, 2.75) is 18.4 Å². The van der Waals surface area contributed by atoms with E-state index in [-0.39, 0.29) is 18.2 Å². The molecule has 2 atom stereocenters. The van der Waals surface area contributed by atoms with E-state index in [9.17, 15) is 14.4 Å². The molecule has 6 nitrogen and oxygen atoms in total. The number of methoxy groups -OCH3 is 2. The van der Waals surface area contributed by atoms with Crippen LogP contribution in [0.15, 0.2) is 46.9 Å². The van der Waals surface area contributed by atoms with Gasteiger partial charge in [0.25, 0.3) is 0 Å². The minimum Gasteiger partial charge on any atom is -0.467 e. The largest absolute Gasteiger partial charge is 0.467 e. The molecule has 2 heterocycles. The lowest BCUT2D eigenvalue weighted by molar-refractivity contribution is -0.142. The number of rotatable bonds is 5. The molecule has 1 aliphatic heterocycles. The van der Waals surface area contributed by atoms with Crippen molar-refractivity contribution in [2.24, 2.45) is 0 Å². The van der Waals surface area contributed by atoms with Gasteiger partial charge in [-0.1, -0.05) is 12.1 Å². The van der Waals surface area contributed by atoms with Crippen molar-refractivity contribution in [1.82, 2.24) is 0 Å². The van der Waals surface area contributed by atoms with Gasteiger partial charge in [0.1, 0.15) is 6.04 Å². The molecule has 0 N–H and O–H groups in total. The van der Waals surface area contributed by atoms with Crippen LogP contribution in [0, 0.1) is 0 Å². The van der Waals surface area contributed by atoms with Gasteiger partial charge < -0.3 is 9.47 Å². The number of anilines is 1. The highest BCUT2D eigenvalue weighted by atomic mass is 79.9. The Morgan fingerprint density at radius 1 is 1.18 bits per heavy atom. The molecule has 0 spiro atoms. The molecule has 2 aromatic rings. The third-order valence-electron chi connectivity index (χ3n) is 4.48. The van der Waals surface area contributed by atoms with Crippen LogP contribution < -0.4 is 4.90 Å². The molecule has 1 saturated heterocycles. The number of thiophene rings is 1. The van der Waals surface area contributed by atoms with Crippen LogP contribution in [0.2, 0.25) is 0 Å². The van der Waals surface area contributed by atoms with Gasteiger partial charge in [-0.05, 0) is 46.3 Å². The van der Waals surface area contributed by atoms with Gasteiger partial charge in [0.15, 0.2) is 0 Å². The Balaban J connectivity index is 1.95. The Morgan fingerprint density at radius 3 is 2.61 bits per heavy atom. The van der Waals surface area contributed by atoms with Gasteiger partial charge in [0.2, 0.25) is 5.91 Å². The summed E-state index contributed by atoms with van der Waals surface area (Å²) in [7, 11) is 2.63. The summed E-state index contributed by atoms with van der Waals surface area (Å²) in [5, 5.41) is 0. The van der Waals surface area contributed by atoms with E-state index < -0.39 is 18.0 Å². The lowest BCUT2D eigenvalue weighted by atomic mass is 9.98. The molecule has 1 aromatic heterocycles. The molecular weight excluding hydrogens is 446 g/mol. The highest BCUT2D eigenvalue weighted by molar-refractivity contribution is 9.10. The van der Waals surface area contributed by atoms with Crippen LogP contribution in [0.1, 0.15) is 22.1 Å². The maximum Gasteiger partial charge on any atom is 0.330 e. The van der Waals surface area contributed by atoms with Gasteiger partial charge in [0, 0.05) is 32.6 Å². The summed E-state index contributed by atoms with van der Waals surface area (Å²) < 4.78 is 10.3. The number of hydrogen-bond donors (Lipinski definition) is 0. The fourth-order valence-corrected chi connectivity index (χ4v) is 4.71. The van der Waals surface area contributed by atoms with Gasteiger partial charge in [0.05, 0.1) is 19.9 Å². The van der Waals surface area contributed by atoms with Gasteiger partial charge in [-0.3, -0.25) is 9.69 Å². The third kappa shape index (κ3) is 4.02. The Morgan fingerprint density at radius 2 is 1.93 bits per heavy atom. The molecule has 3 rings (SSSR count). The minimum atomic E-state index is -0.757.